The SMILES string of the molecule is C/C=C\C/C=C1/SNC(=NCC)C1C. The van der Waals surface area contributed by atoms with Gasteiger partial charge < -0.3 is 4.72 Å². The molecule has 0 spiro atoms. The highest BCUT2D eigenvalue weighted by Crippen LogP contribution is 2.30. The molecule has 1 rings (SSSR count). The molecule has 1 aliphatic heterocycles. The molecule has 2 nitrogen and oxygen atoms in total. The van der Waals surface area contributed by atoms with Crippen LogP contribution < -0.4 is 4.72 Å². The molecule has 1 unspecified atom stereocenters. The van der Waals surface area contributed by atoms with Gasteiger partial charge in [-0.05, 0) is 32.2 Å². The molecule has 0 aliphatic carbocycles. The van der Waals surface area contributed by atoms with Gasteiger partial charge in [-0.15, -0.1) is 0 Å². The fraction of sp³-hybridized carbons (Fsp3) is 0.545. The van der Waals surface area contributed by atoms with Crippen molar-refractivity contribution in [2.75, 3.05) is 6.54 Å². The van der Waals surface area contributed by atoms with E-state index < -0.39 is 0 Å². The molecule has 1 saturated heterocycles. The van der Waals surface area contributed by atoms with Crippen molar-refractivity contribution in [1.82, 2.24) is 4.72 Å². The Bertz CT molecular complexity index is 266. The molecular weight excluding hydrogens is 192 g/mol. The van der Waals surface area contributed by atoms with Crippen molar-refractivity contribution in [3.8, 4) is 0 Å². The predicted molar refractivity (Wildman–Crippen MR) is 65.4 cm³/mol. The van der Waals surface area contributed by atoms with Crippen molar-refractivity contribution in [1.29, 1.82) is 0 Å². The van der Waals surface area contributed by atoms with Crippen LogP contribution >= 0.6 is 11.9 Å². The van der Waals surface area contributed by atoms with Gasteiger partial charge in [-0.2, -0.15) is 0 Å². The Kier molecular flexibility index (Phi) is 4.80. The summed E-state index contributed by atoms with van der Waals surface area (Å²) in [7, 11) is 0. The van der Waals surface area contributed by atoms with E-state index in [4.69, 9.17) is 0 Å². The van der Waals surface area contributed by atoms with Gasteiger partial charge in [0.2, 0.25) is 0 Å². The van der Waals surface area contributed by atoms with E-state index in [9.17, 15) is 0 Å². The first kappa shape index (κ1) is 11.4. The maximum Gasteiger partial charge on any atom is 0.114 e. The highest BCUT2D eigenvalue weighted by atomic mass is 32.2. The zero-order chi connectivity index (χ0) is 10.4. The molecule has 0 bridgehead atoms. The van der Waals surface area contributed by atoms with Crippen LogP contribution in [-0.4, -0.2) is 12.4 Å². The van der Waals surface area contributed by atoms with E-state index in [0.29, 0.717) is 5.92 Å². The number of amidine groups is 1. The predicted octanol–water partition coefficient (Wildman–Crippen LogP) is 3.14. The van der Waals surface area contributed by atoms with Crippen LogP contribution in [0.4, 0.5) is 0 Å². The Balaban J connectivity index is 2.59. The van der Waals surface area contributed by atoms with E-state index in [2.05, 4.69) is 41.8 Å². The molecule has 0 saturated carbocycles. The van der Waals surface area contributed by atoms with E-state index in [0.717, 1.165) is 18.8 Å². The molecule has 1 atom stereocenters. The van der Waals surface area contributed by atoms with E-state index in [1.165, 1.54) is 4.91 Å². The molecule has 0 aromatic carbocycles. The second-order valence-electron chi connectivity index (χ2n) is 3.20. The monoisotopic (exact) mass is 210 g/mol. The second-order valence-corrected chi connectivity index (χ2v) is 4.08. The Labute approximate surface area is 90.7 Å². The fourth-order valence-corrected chi connectivity index (χ4v) is 2.23. The van der Waals surface area contributed by atoms with E-state index >= 15 is 0 Å². The molecule has 78 valence electrons. The van der Waals surface area contributed by atoms with Crippen LogP contribution in [0.25, 0.3) is 0 Å². The molecule has 14 heavy (non-hydrogen) atoms. The summed E-state index contributed by atoms with van der Waals surface area (Å²) in [5, 5.41) is 0. The van der Waals surface area contributed by atoms with Gasteiger partial charge in [0.25, 0.3) is 0 Å². The Morgan fingerprint density at radius 2 is 2.36 bits per heavy atom. The maximum absolute atomic E-state index is 4.41. The normalized spacial score (nSPS) is 27.8. The summed E-state index contributed by atoms with van der Waals surface area (Å²) in [4.78, 5) is 5.79. The minimum atomic E-state index is 0.449. The van der Waals surface area contributed by atoms with Crippen molar-refractivity contribution in [2.45, 2.75) is 27.2 Å². The number of nitrogens with one attached hydrogen (secondary N) is 1. The van der Waals surface area contributed by atoms with Gasteiger partial charge in [0.1, 0.15) is 5.84 Å². The third kappa shape index (κ3) is 2.91. The first-order chi connectivity index (χ1) is 6.79. The van der Waals surface area contributed by atoms with Crippen molar-refractivity contribution >= 4 is 17.8 Å². The lowest BCUT2D eigenvalue weighted by Gasteiger charge is -2.01. The first-order valence-electron chi connectivity index (χ1n) is 5.08. The summed E-state index contributed by atoms with van der Waals surface area (Å²) in [5.74, 6) is 1.56. The number of rotatable bonds is 3. The molecular formula is C11H18N2S. The molecule has 1 N–H and O–H groups in total. The fourth-order valence-electron chi connectivity index (χ4n) is 1.30. The Morgan fingerprint density at radius 3 is 3.00 bits per heavy atom. The molecule has 0 aromatic heterocycles. The minimum Gasteiger partial charge on any atom is -0.314 e. The number of nitrogens with zero attached hydrogens (tertiary/aromatic N) is 1. The van der Waals surface area contributed by atoms with Gasteiger partial charge >= 0.3 is 0 Å². The third-order valence-electron chi connectivity index (χ3n) is 2.13. The van der Waals surface area contributed by atoms with Crippen LogP contribution in [0.3, 0.4) is 0 Å². The zero-order valence-corrected chi connectivity index (χ0v) is 9.90. The molecule has 1 heterocycles. The van der Waals surface area contributed by atoms with Gasteiger partial charge in [-0.1, -0.05) is 25.2 Å². The van der Waals surface area contributed by atoms with Crippen LogP contribution in [0, 0.1) is 5.92 Å². The standard InChI is InChI=1S/C11H18N2S/c1-4-6-7-8-10-9(3)11(12-5-2)13-14-10/h4,6,8-9H,5,7H2,1-3H3,(H,12,13)/b6-4-,10-8+. The van der Waals surface area contributed by atoms with E-state index in [-0.39, 0.29) is 0 Å². The number of allylic oxidation sites excluding steroid dienone is 3. The summed E-state index contributed by atoms with van der Waals surface area (Å²) in [6.45, 7) is 7.16. The molecule has 1 aliphatic rings. The van der Waals surface area contributed by atoms with Crippen LogP contribution in [0.2, 0.25) is 0 Å². The van der Waals surface area contributed by atoms with Crippen molar-refractivity contribution in [2.24, 2.45) is 10.9 Å². The zero-order valence-electron chi connectivity index (χ0n) is 9.08. The summed E-state index contributed by atoms with van der Waals surface area (Å²) < 4.78 is 3.26. The van der Waals surface area contributed by atoms with Gasteiger partial charge in [0, 0.05) is 17.4 Å². The lowest BCUT2D eigenvalue weighted by molar-refractivity contribution is 0.944. The lowest BCUT2D eigenvalue weighted by Crippen LogP contribution is -2.15. The van der Waals surface area contributed by atoms with E-state index in [1.807, 2.05) is 6.92 Å². The number of hydrogen-bond donors (Lipinski definition) is 1. The summed E-state index contributed by atoms with van der Waals surface area (Å²) in [6, 6.07) is 0. The van der Waals surface area contributed by atoms with Crippen LogP contribution in [0.5, 0.6) is 0 Å². The number of aliphatic imine (C=N–C) groups is 1. The average Bonchev–Trinajstić information content (AvgIpc) is 2.51. The smallest absolute Gasteiger partial charge is 0.114 e. The van der Waals surface area contributed by atoms with Gasteiger partial charge in [0.15, 0.2) is 0 Å². The second kappa shape index (κ2) is 5.91. The molecule has 0 aromatic rings. The number of hydrogen-bond acceptors (Lipinski definition) is 2. The Morgan fingerprint density at radius 1 is 1.57 bits per heavy atom. The lowest BCUT2D eigenvalue weighted by atomic mass is 10.1. The van der Waals surface area contributed by atoms with Crippen LogP contribution in [0.1, 0.15) is 27.2 Å². The molecule has 1 fully saturated rings. The summed E-state index contributed by atoms with van der Waals surface area (Å²) in [5.41, 5.74) is 0. The van der Waals surface area contributed by atoms with Gasteiger partial charge in [-0.3, -0.25) is 4.99 Å². The largest absolute Gasteiger partial charge is 0.314 e. The highest BCUT2D eigenvalue weighted by Gasteiger charge is 2.22. The Hall–Kier alpha value is -0.700. The van der Waals surface area contributed by atoms with E-state index in [1.54, 1.807) is 11.9 Å². The molecule has 3 heteroatoms. The topological polar surface area (TPSA) is 24.4 Å². The molecule has 0 radical (unpaired) electrons. The van der Waals surface area contributed by atoms with Crippen LogP contribution in [0.15, 0.2) is 28.1 Å². The summed E-state index contributed by atoms with van der Waals surface area (Å²) in [6.07, 6.45) is 7.52. The van der Waals surface area contributed by atoms with Crippen molar-refractivity contribution in [3.05, 3.63) is 23.1 Å². The highest BCUT2D eigenvalue weighted by molar-refractivity contribution is 8.02. The molecule has 0 amide bonds. The van der Waals surface area contributed by atoms with Crippen molar-refractivity contribution < 1.29 is 0 Å². The third-order valence-corrected chi connectivity index (χ3v) is 3.20. The maximum atomic E-state index is 4.41. The first-order valence-corrected chi connectivity index (χ1v) is 5.89. The van der Waals surface area contributed by atoms with Gasteiger partial charge in [0.05, 0.1) is 0 Å². The summed E-state index contributed by atoms with van der Waals surface area (Å²) >= 11 is 1.70. The van der Waals surface area contributed by atoms with Crippen LogP contribution in [-0.2, 0) is 0 Å². The van der Waals surface area contributed by atoms with Gasteiger partial charge in [-0.25, -0.2) is 0 Å². The average molecular weight is 210 g/mol. The quantitative estimate of drug-likeness (QED) is 0.571. The van der Waals surface area contributed by atoms with Crippen molar-refractivity contribution in [3.63, 3.8) is 0 Å². The minimum absolute atomic E-state index is 0.449.